The summed E-state index contributed by atoms with van der Waals surface area (Å²) in [6.07, 6.45) is 0. The van der Waals surface area contributed by atoms with Gasteiger partial charge in [-0.3, -0.25) is 0 Å². The van der Waals surface area contributed by atoms with Crippen molar-refractivity contribution in [3.63, 3.8) is 0 Å². The summed E-state index contributed by atoms with van der Waals surface area (Å²) in [5.74, 6) is -0.646. The van der Waals surface area contributed by atoms with Crippen LogP contribution in [0.5, 0.6) is 0 Å². The summed E-state index contributed by atoms with van der Waals surface area (Å²) in [6, 6.07) is 9.19. The van der Waals surface area contributed by atoms with Crippen LogP contribution in [0, 0.1) is 11.8 Å². The van der Waals surface area contributed by atoms with Crippen LogP contribution < -0.4 is 0 Å². The molecule has 0 unspecified atom stereocenters. The zero-order chi connectivity index (χ0) is 12.4. The van der Waals surface area contributed by atoms with Crippen LogP contribution in [0.15, 0.2) is 36.4 Å². The van der Waals surface area contributed by atoms with E-state index in [1.54, 1.807) is 12.1 Å². The average molecular weight is 233 g/mol. The molecule has 1 aromatic carbocycles. The summed E-state index contributed by atoms with van der Waals surface area (Å²) >= 11 is 0. The van der Waals surface area contributed by atoms with Gasteiger partial charge in [0.15, 0.2) is 0 Å². The molecule has 0 N–H and O–H groups in total. The fraction of sp³-hybridized carbons (Fsp3) is 0.214. The summed E-state index contributed by atoms with van der Waals surface area (Å²) in [7, 11) is 0. The Morgan fingerprint density at radius 2 is 1.59 bits per heavy atom. The molecule has 1 heterocycles. The maximum absolute atomic E-state index is 13.4. The van der Waals surface area contributed by atoms with Gasteiger partial charge in [0, 0.05) is 11.8 Å². The maximum atomic E-state index is 13.4. The second-order valence-corrected chi connectivity index (χ2v) is 4.27. The zero-order valence-electron chi connectivity index (χ0n) is 9.74. The lowest BCUT2D eigenvalue weighted by Crippen LogP contribution is -1.96. The number of halogens is 2. The molecule has 0 aliphatic rings. The third kappa shape index (κ3) is 2.67. The fourth-order valence-corrected chi connectivity index (χ4v) is 1.62. The number of rotatable bonds is 2. The van der Waals surface area contributed by atoms with Crippen LogP contribution in [-0.4, -0.2) is 4.98 Å². The van der Waals surface area contributed by atoms with E-state index in [0.717, 1.165) is 11.1 Å². The minimum Gasteiger partial charge on any atom is -0.225 e. The van der Waals surface area contributed by atoms with E-state index in [0.29, 0.717) is 5.69 Å². The van der Waals surface area contributed by atoms with Gasteiger partial charge in [0.1, 0.15) is 5.82 Å². The van der Waals surface area contributed by atoms with Crippen molar-refractivity contribution in [2.45, 2.75) is 19.8 Å². The highest BCUT2D eigenvalue weighted by atomic mass is 19.1. The SMILES string of the molecule is CC(C)c1cc(-c2ccc(F)cc2)cc(F)n1. The van der Waals surface area contributed by atoms with Crippen molar-refractivity contribution >= 4 is 0 Å². The van der Waals surface area contributed by atoms with Gasteiger partial charge in [-0.05, 0) is 35.2 Å². The number of hydrogen-bond donors (Lipinski definition) is 0. The second-order valence-electron chi connectivity index (χ2n) is 4.27. The fourth-order valence-electron chi connectivity index (χ4n) is 1.62. The van der Waals surface area contributed by atoms with Gasteiger partial charge in [0.25, 0.3) is 0 Å². The van der Waals surface area contributed by atoms with Crippen molar-refractivity contribution in [2.24, 2.45) is 0 Å². The van der Waals surface area contributed by atoms with Gasteiger partial charge in [-0.25, -0.2) is 9.37 Å². The van der Waals surface area contributed by atoms with Gasteiger partial charge in [-0.1, -0.05) is 26.0 Å². The number of nitrogens with zero attached hydrogens (tertiary/aromatic N) is 1. The molecule has 2 rings (SSSR count). The Balaban J connectivity index is 2.48. The Bertz CT molecular complexity index is 518. The number of aromatic nitrogens is 1. The normalized spacial score (nSPS) is 10.9. The van der Waals surface area contributed by atoms with E-state index in [9.17, 15) is 8.78 Å². The van der Waals surface area contributed by atoms with E-state index in [2.05, 4.69) is 4.98 Å². The smallest absolute Gasteiger partial charge is 0.213 e. The van der Waals surface area contributed by atoms with Crippen molar-refractivity contribution in [1.29, 1.82) is 0 Å². The zero-order valence-corrected chi connectivity index (χ0v) is 9.74. The molecule has 0 saturated heterocycles. The highest BCUT2D eigenvalue weighted by Crippen LogP contribution is 2.23. The summed E-state index contributed by atoms with van der Waals surface area (Å²) < 4.78 is 26.2. The first-order valence-corrected chi connectivity index (χ1v) is 5.49. The summed E-state index contributed by atoms with van der Waals surface area (Å²) in [5.41, 5.74) is 2.21. The van der Waals surface area contributed by atoms with Crippen LogP contribution in [0.4, 0.5) is 8.78 Å². The molecule has 0 saturated carbocycles. The first-order chi connectivity index (χ1) is 8.06. The van der Waals surface area contributed by atoms with Crippen LogP contribution >= 0.6 is 0 Å². The van der Waals surface area contributed by atoms with Crippen molar-refractivity contribution in [2.75, 3.05) is 0 Å². The van der Waals surface area contributed by atoms with Crippen LogP contribution in [0.25, 0.3) is 11.1 Å². The molecule has 1 nitrogen and oxygen atoms in total. The van der Waals surface area contributed by atoms with Crippen molar-refractivity contribution < 1.29 is 8.78 Å². The van der Waals surface area contributed by atoms with E-state index in [1.165, 1.54) is 18.2 Å². The first kappa shape index (κ1) is 11.7. The maximum Gasteiger partial charge on any atom is 0.213 e. The van der Waals surface area contributed by atoms with Crippen molar-refractivity contribution in [3.8, 4) is 11.1 Å². The third-order valence-corrected chi connectivity index (χ3v) is 2.58. The highest BCUT2D eigenvalue weighted by Gasteiger charge is 2.07. The molecule has 0 aliphatic heterocycles. The topological polar surface area (TPSA) is 12.9 Å². The Morgan fingerprint density at radius 1 is 0.941 bits per heavy atom. The summed E-state index contributed by atoms with van der Waals surface area (Å²) in [5, 5.41) is 0. The molecule has 0 aliphatic carbocycles. The molecule has 0 amide bonds. The van der Waals surface area contributed by atoms with Gasteiger partial charge < -0.3 is 0 Å². The molecular formula is C14H13F2N. The molecule has 0 fully saturated rings. The monoisotopic (exact) mass is 233 g/mol. The lowest BCUT2D eigenvalue weighted by Gasteiger charge is -2.08. The minimum atomic E-state index is -0.504. The van der Waals surface area contributed by atoms with Gasteiger partial charge >= 0.3 is 0 Å². The minimum absolute atomic E-state index is 0.157. The Labute approximate surface area is 99.1 Å². The Kier molecular flexibility index (Phi) is 3.18. The predicted molar refractivity (Wildman–Crippen MR) is 63.7 cm³/mol. The Hall–Kier alpha value is -1.77. The Morgan fingerprint density at radius 3 is 2.18 bits per heavy atom. The van der Waals surface area contributed by atoms with Crippen LogP contribution in [0.2, 0.25) is 0 Å². The van der Waals surface area contributed by atoms with Crippen molar-refractivity contribution in [1.82, 2.24) is 4.98 Å². The van der Waals surface area contributed by atoms with Crippen LogP contribution in [0.3, 0.4) is 0 Å². The number of hydrogen-bond acceptors (Lipinski definition) is 1. The van der Waals surface area contributed by atoms with E-state index >= 15 is 0 Å². The van der Waals surface area contributed by atoms with E-state index in [4.69, 9.17) is 0 Å². The molecule has 0 spiro atoms. The lowest BCUT2D eigenvalue weighted by atomic mass is 10.0. The lowest BCUT2D eigenvalue weighted by molar-refractivity contribution is 0.572. The number of benzene rings is 1. The van der Waals surface area contributed by atoms with Crippen LogP contribution in [0.1, 0.15) is 25.5 Å². The largest absolute Gasteiger partial charge is 0.225 e. The summed E-state index contributed by atoms with van der Waals surface area (Å²) in [4.78, 5) is 3.84. The van der Waals surface area contributed by atoms with Gasteiger partial charge in [-0.2, -0.15) is 4.39 Å². The van der Waals surface area contributed by atoms with Gasteiger partial charge in [0.05, 0.1) is 0 Å². The molecule has 3 heteroatoms. The second kappa shape index (κ2) is 4.62. The highest BCUT2D eigenvalue weighted by molar-refractivity contribution is 5.63. The standard InChI is InChI=1S/C14H13F2N/c1-9(2)13-7-11(8-14(16)17-13)10-3-5-12(15)6-4-10/h3-9H,1-2H3. The molecular weight excluding hydrogens is 220 g/mol. The molecule has 88 valence electrons. The molecule has 2 aromatic rings. The van der Waals surface area contributed by atoms with Crippen LogP contribution in [-0.2, 0) is 0 Å². The van der Waals surface area contributed by atoms with E-state index in [1.807, 2.05) is 19.9 Å². The average Bonchev–Trinajstić information content (AvgIpc) is 2.29. The van der Waals surface area contributed by atoms with E-state index < -0.39 is 5.95 Å². The van der Waals surface area contributed by atoms with Gasteiger partial charge in [0.2, 0.25) is 5.95 Å². The predicted octanol–water partition coefficient (Wildman–Crippen LogP) is 4.15. The van der Waals surface area contributed by atoms with Gasteiger partial charge in [-0.15, -0.1) is 0 Å². The quantitative estimate of drug-likeness (QED) is 0.710. The molecule has 17 heavy (non-hydrogen) atoms. The number of pyridine rings is 1. The van der Waals surface area contributed by atoms with E-state index in [-0.39, 0.29) is 11.7 Å². The van der Waals surface area contributed by atoms with Crippen molar-refractivity contribution in [3.05, 3.63) is 53.9 Å². The molecule has 0 atom stereocenters. The molecule has 0 radical (unpaired) electrons. The summed E-state index contributed by atoms with van der Waals surface area (Å²) in [6.45, 7) is 3.91. The molecule has 1 aromatic heterocycles. The molecule has 0 bridgehead atoms. The first-order valence-electron chi connectivity index (χ1n) is 5.49. The third-order valence-electron chi connectivity index (χ3n) is 2.58.